The van der Waals surface area contributed by atoms with Crippen molar-refractivity contribution >= 4 is 12.2 Å². The first-order valence-corrected chi connectivity index (χ1v) is 9.59. The minimum absolute atomic E-state index is 0.179. The van der Waals surface area contributed by atoms with Crippen molar-refractivity contribution in [1.29, 1.82) is 0 Å². The number of morpholine rings is 1. The maximum absolute atomic E-state index is 13.1. The van der Waals surface area contributed by atoms with Crippen LogP contribution in [0.3, 0.4) is 0 Å². The minimum Gasteiger partial charge on any atom is -0.442 e. The van der Waals surface area contributed by atoms with E-state index in [1.54, 1.807) is 47.6 Å². The van der Waals surface area contributed by atoms with Crippen LogP contribution < -0.4 is 0 Å². The topological polar surface area (TPSA) is 71.6 Å². The number of amides is 2. The fourth-order valence-electron chi connectivity index (χ4n) is 2.92. The van der Waals surface area contributed by atoms with Gasteiger partial charge in [0, 0.05) is 13.1 Å². The molecule has 0 aromatic rings. The molecule has 2 heterocycles. The van der Waals surface area contributed by atoms with E-state index in [4.69, 9.17) is 14.2 Å². The predicted molar refractivity (Wildman–Crippen MR) is 105 cm³/mol. The Morgan fingerprint density at radius 3 is 2.11 bits per heavy atom. The Bertz CT molecular complexity index is 627. The van der Waals surface area contributed by atoms with E-state index >= 15 is 0 Å². The van der Waals surface area contributed by atoms with Crippen LogP contribution in [0.15, 0.2) is 24.3 Å². The van der Waals surface area contributed by atoms with E-state index in [-0.39, 0.29) is 6.54 Å². The quantitative estimate of drug-likeness (QED) is 0.715. The number of ether oxygens (including phenoxy) is 3. The van der Waals surface area contributed by atoms with Crippen LogP contribution in [0.1, 0.15) is 41.5 Å². The number of carbonyl (C=O) groups is 2. The summed E-state index contributed by atoms with van der Waals surface area (Å²) < 4.78 is 16.6. The van der Waals surface area contributed by atoms with Crippen molar-refractivity contribution in [2.75, 3.05) is 32.8 Å². The molecule has 0 bridgehead atoms. The Morgan fingerprint density at radius 1 is 1.07 bits per heavy atom. The van der Waals surface area contributed by atoms with Crippen molar-refractivity contribution in [2.45, 2.75) is 58.9 Å². The summed E-state index contributed by atoms with van der Waals surface area (Å²) in [6, 6.07) is 0. The van der Waals surface area contributed by atoms with Gasteiger partial charge in [-0.1, -0.05) is 12.7 Å². The van der Waals surface area contributed by atoms with Crippen LogP contribution in [-0.4, -0.2) is 77.3 Å². The zero-order chi connectivity index (χ0) is 21.1. The summed E-state index contributed by atoms with van der Waals surface area (Å²) in [5.74, 6) is 0. The first-order valence-electron chi connectivity index (χ1n) is 9.59. The van der Waals surface area contributed by atoms with Crippen molar-refractivity contribution in [3.8, 4) is 0 Å². The molecular formula is C20H33N3O5. The average molecular weight is 396 g/mol. The molecule has 2 rings (SSSR count). The molecule has 0 saturated carbocycles. The highest BCUT2D eigenvalue weighted by Crippen LogP contribution is 2.26. The summed E-state index contributed by atoms with van der Waals surface area (Å²) in [4.78, 5) is 28.1. The highest BCUT2D eigenvalue weighted by Gasteiger charge is 2.42. The van der Waals surface area contributed by atoms with Gasteiger partial charge in [-0.2, -0.15) is 5.01 Å². The summed E-state index contributed by atoms with van der Waals surface area (Å²) in [7, 11) is 0. The molecule has 0 radical (unpaired) electrons. The van der Waals surface area contributed by atoms with Crippen molar-refractivity contribution in [3.63, 3.8) is 0 Å². The van der Waals surface area contributed by atoms with Gasteiger partial charge in [0.1, 0.15) is 17.4 Å². The summed E-state index contributed by atoms with van der Waals surface area (Å²) in [5, 5.41) is 2.65. The first-order chi connectivity index (χ1) is 12.9. The van der Waals surface area contributed by atoms with Crippen LogP contribution >= 0.6 is 0 Å². The van der Waals surface area contributed by atoms with Crippen molar-refractivity contribution < 1.29 is 23.8 Å². The smallest absolute Gasteiger partial charge is 0.431 e. The van der Waals surface area contributed by atoms with E-state index in [0.717, 1.165) is 5.57 Å². The summed E-state index contributed by atoms with van der Waals surface area (Å²) in [6.45, 7) is 17.1. The predicted octanol–water partition coefficient (Wildman–Crippen LogP) is 3.16. The van der Waals surface area contributed by atoms with Crippen LogP contribution in [0.2, 0.25) is 0 Å². The number of rotatable bonds is 2. The molecule has 28 heavy (non-hydrogen) atoms. The van der Waals surface area contributed by atoms with Crippen molar-refractivity contribution in [2.24, 2.45) is 0 Å². The monoisotopic (exact) mass is 395 g/mol. The number of hydrogen-bond acceptors (Lipinski definition) is 6. The molecule has 158 valence electrons. The van der Waals surface area contributed by atoms with Gasteiger partial charge in [-0.25, -0.2) is 14.6 Å². The van der Waals surface area contributed by atoms with Gasteiger partial charge in [-0.05, 0) is 53.2 Å². The van der Waals surface area contributed by atoms with Gasteiger partial charge in [0.2, 0.25) is 0 Å². The normalized spacial score (nSPS) is 21.8. The minimum atomic E-state index is -0.700. The second-order valence-electron chi connectivity index (χ2n) is 8.87. The van der Waals surface area contributed by atoms with Gasteiger partial charge in [0.05, 0.1) is 19.8 Å². The lowest BCUT2D eigenvalue weighted by Crippen LogP contribution is -2.64. The molecule has 0 aromatic heterocycles. The Hall–Kier alpha value is -2.06. The lowest BCUT2D eigenvalue weighted by molar-refractivity contribution is -0.112. The fraction of sp³-hybridized carbons (Fsp3) is 0.700. The molecule has 1 fully saturated rings. The largest absolute Gasteiger partial charge is 0.442 e. The highest BCUT2D eigenvalue weighted by molar-refractivity contribution is 5.76. The molecule has 0 N–H and O–H groups in total. The number of nitrogens with zero attached hydrogens (tertiary/aromatic N) is 3. The lowest BCUT2D eigenvalue weighted by Gasteiger charge is -2.47. The van der Waals surface area contributed by atoms with Crippen LogP contribution in [0.4, 0.5) is 9.59 Å². The number of hydrazine groups is 1. The zero-order valence-electron chi connectivity index (χ0n) is 17.9. The van der Waals surface area contributed by atoms with Gasteiger partial charge in [0.15, 0.2) is 0 Å². The van der Waals surface area contributed by atoms with Crippen LogP contribution in [-0.2, 0) is 14.2 Å². The third-order valence-electron chi connectivity index (χ3n) is 4.07. The zero-order valence-corrected chi connectivity index (χ0v) is 17.9. The maximum atomic E-state index is 13.1. The van der Waals surface area contributed by atoms with Gasteiger partial charge >= 0.3 is 12.2 Å². The van der Waals surface area contributed by atoms with Gasteiger partial charge in [-0.15, -0.1) is 0 Å². The molecule has 1 unspecified atom stereocenters. The molecule has 0 aromatic carbocycles. The molecular weight excluding hydrogens is 362 g/mol. The van der Waals surface area contributed by atoms with E-state index in [0.29, 0.717) is 26.3 Å². The average Bonchev–Trinajstić information content (AvgIpc) is 2.58. The lowest BCUT2D eigenvalue weighted by atomic mass is 10.1. The van der Waals surface area contributed by atoms with E-state index in [2.05, 4.69) is 11.5 Å². The second kappa shape index (κ2) is 8.53. The van der Waals surface area contributed by atoms with Crippen LogP contribution in [0.25, 0.3) is 0 Å². The summed E-state index contributed by atoms with van der Waals surface area (Å²) in [5.41, 5.74) is -0.558. The van der Waals surface area contributed by atoms with Crippen LogP contribution in [0, 0.1) is 0 Å². The third-order valence-corrected chi connectivity index (χ3v) is 4.07. The molecule has 0 spiro atoms. The SMILES string of the molecule is C=CC1=CC(N2CCOCC2)N(C(=O)OC(C)(C)C)N(C(=O)OC(C)(C)C)C1. The molecule has 8 nitrogen and oxygen atoms in total. The Kier molecular flexibility index (Phi) is 6.77. The number of hydrogen-bond donors (Lipinski definition) is 0. The molecule has 8 heteroatoms. The Labute approximate surface area is 167 Å². The Morgan fingerprint density at radius 2 is 1.61 bits per heavy atom. The van der Waals surface area contributed by atoms with Crippen molar-refractivity contribution in [1.82, 2.24) is 14.9 Å². The van der Waals surface area contributed by atoms with Gasteiger partial charge in [0.25, 0.3) is 0 Å². The van der Waals surface area contributed by atoms with E-state index < -0.39 is 29.6 Å². The fourth-order valence-corrected chi connectivity index (χ4v) is 2.92. The summed E-state index contributed by atoms with van der Waals surface area (Å²) in [6.07, 6.45) is 1.92. The van der Waals surface area contributed by atoms with Gasteiger partial charge in [-0.3, -0.25) is 4.90 Å². The highest BCUT2D eigenvalue weighted by atomic mass is 16.6. The molecule has 2 aliphatic heterocycles. The molecule has 2 aliphatic rings. The standard InChI is InChI=1S/C20H33N3O5/c1-8-15-13-16(21-9-11-26-12-10-21)23(18(25)28-20(5,6)7)22(14-15)17(24)27-19(2,3)4/h8,13,16H,1,9-12,14H2,2-7H3. The molecule has 0 aliphatic carbocycles. The van der Waals surface area contributed by atoms with E-state index in [1.165, 1.54) is 10.0 Å². The molecule has 2 amide bonds. The van der Waals surface area contributed by atoms with Crippen molar-refractivity contribution in [3.05, 3.63) is 24.3 Å². The summed E-state index contributed by atoms with van der Waals surface area (Å²) >= 11 is 0. The first kappa shape index (κ1) is 22.2. The second-order valence-corrected chi connectivity index (χ2v) is 8.87. The third kappa shape index (κ3) is 5.97. The van der Waals surface area contributed by atoms with E-state index in [9.17, 15) is 9.59 Å². The molecule has 1 saturated heterocycles. The van der Waals surface area contributed by atoms with Gasteiger partial charge < -0.3 is 14.2 Å². The Balaban J connectivity index is 2.41. The van der Waals surface area contributed by atoms with Crippen LogP contribution in [0.5, 0.6) is 0 Å². The maximum Gasteiger partial charge on any atom is 0.431 e. The number of carbonyl (C=O) groups excluding carboxylic acids is 2. The molecule has 1 atom stereocenters. The van der Waals surface area contributed by atoms with E-state index in [1.807, 2.05) is 6.08 Å².